The van der Waals surface area contributed by atoms with Crippen LogP contribution in [0, 0.1) is 5.82 Å². The summed E-state index contributed by atoms with van der Waals surface area (Å²) in [6.07, 6.45) is 0. The van der Waals surface area contributed by atoms with Crippen molar-refractivity contribution < 1.29 is 12.8 Å². The van der Waals surface area contributed by atoms with Crippen molar-refractivity contribution in [1.82, 2.24) is 14.5 Å². The highest BCUT2D eigenvalue weighted by Crippen LogP contribution is 2.20. The van der Waals surface area contributed by atoms with E-state index in [0.29, 0.717) is 6.54 Å². The Balaban J connectivity index is 1.91. The molecule has 8 heteroatoms. The maximum absolute atomic E-state index is 13.3. The van der Waals surface area contributed by atoms with Crippen LogP contribution in [0.25, 0.3) is 0 Å². The minimum Gasteiger partial charge on any atom is -0.395 e. The van der Waals surface area contributed by atoms with E-state index in [4.69, 9.17) is 5.73 Å². The Bertz CT molecular complexity index is 586. The molecular formula is C13H21FN4O2S. The topological polar surface area (TPSA) is 78.7 Å². The second-order valence-electron chi connectivity index (χ2n) is 5.19. The molecule has 1 aromatic carbocycles. The molecule has 0 aromatic heterocycles. The smallest absolute Gasteiger partial charge is 0.242 e. The van der Waals surface area contributed by atoms with Crippen molar-refractivity contribution in [2.45, 2.75) is 4.90 Å². The van der Waals surface area contributed by atoms with Gasteiger partial charge in [0.05, 0.1) is 5.69 Å². The number of hydrogen-bond acceptors (Lipinski definition) is 5. The molecule has 1 aromatic rings. The molecule has 1 saturated heterocycles. The molecule has 0 saturated carbocycles. The Morgan fingerprint density at radius 3 is 2.62 bits per heavy atom. The van der Waals surface area contributed by atoms with Gasteiger partial charge in [-0.1, -0.05) is 6.07 Å². The van der Waals surface area contributed by atoms with Gasteiger partial charge in [-0.2, -0.15) is 0 Å². The standard InChI is InChI=1S/C13H21FN4O2S/c1-17-7-9-18(10-8-17)6-5-16-21(19,20)12-4-2-3-11(14)13(12)15/h2-4,16H,5-10,15H2,1H3. The quantitative estimate of drug-likeness (QED) is 0.744. The summed E-state index contributed by atoms with van der Waals surface area (Å²) in [6, 6.07) is 3.77. The summed E-state index contributed by atoms with van der Waals surface area (Å²) in [5.41, 5.74) is 5.15. The fourth-order valence-electron chi connectivity index (χ4n) is 2.24. The number of halogens is 1. The molecule has 0 amide bonds. The van der Waals surface area contributed by atoms with Gasteiger partial charge in [0.15, 0.2) is 0 Å². The number of nitrogens with zero attached hydrogens (tertiary/aromatic N) is 2. The van der Waals surface area contributed by atoms with Gasteiger partial charge >= 0.3 is 0 Å². The molecule has 1 aliphatic heterocycles. The first-order valence-corrected chi connectivity index (χ1v) is 8.33. The number of hydrogen-bond donors (Lipinski definition) is 2. The molecule has 6 nitrogen and oxygen atoms in total. The first-order chi connectivity index (χ1) is 9.90. The van der Waals surface area contributed by atoms with Gasteiger partial charge < -0.3 is 10.6 Å². The van der Waals surface area contributed by atoms with Crippen LogP contribution >= 0.6 is 0 Å². The monoisotopic (exact) mass is 316 g/mol. The lowest BCUT2D eigenvalue weighted by molar-refractivity contribution is 0.156. The van der Waals surface area contributed by atoms with E-state index in [1.807, 2.05) is 0 Å². The van der Waals surface area contributed by atoms with Crippen LogP contribution in [-0.4, -0.2) is 64.5 Å². The van der Waals surface area contributed by atoms with Crippen molar-refractivity contribution >= 4 is 15.7 Å². The largest absolute Gasteiger partial charge is 0.395 e. The normalized spacial score (nSPS) is 18.0. The minimum atomic E-state index is -3.78. The van der Waals surface area contributed by atoms with E-state index < -0.39 is 15.8 Å². The molecular weight excluding hydrogens is 295 g/mol. The zero-order chi connectivity index (χ0) is 15.5. The van der Waals surface area contributed by atoms with Crippen molar-refractivity contribution in [2.24, 2.45) is 0 Å². The van der Waals surface area contributed by atoms with Crippen molar-refractivity contribution in [3.05, 3.63) is 24.0 Å². The lowest BCUT2D eigenvalue weighted by Crippen LogP contribution is -2.46. The fourth-order valence-corrected chi connectivity index (χ4v) is 3.40. The number of anilines is 1. The first-order valence-electron chi connectivity index (χ1n) is 6.85. The average molecular weight is 316 g/mol. The van der Waals surface area contributed by atoms with Crippen LogP contribution in [0.4, 0.5) is 10.1 Å². The zero-order valence-corrected chi connectivity index (χ0v) is 12.9. The molecule has 21 heavy (non-hydrogen) atoms. The number of nitrogen functional groups attached to an aromatic ring is 1. The molecule has 0 spiro atoms. The summed E-state index contributed by atoms with van der Waals surface area (Å²) in [6.45, 7) is 4.69. The van der Waals surface area contributed by atoms with Gasteiger partial charge in [-0.05, 0) is 19.2 Å². The number of rotatable bonds is 5. The van der Waals surface area contributed by atoms with Crippen LogP contribution in [0.2, 0.25) is 0 Å². The second kappa shape index (κ2) is 6.69. The van der Waals surface area contributed by atoms with Gasteiger partial charge in [-0.3, -0.25) is 4.90 Å². The lowest BCUT2D eigenvalue weighted by Gasteiger charge is -2.32. The number of likely N-dealkylation sites (N-methyl/N-ethyl adjacent to an activating group) is 1. The highest BCUT2D eigenvalue weighted by atomic mass is 32.2. The predicted octanol–water partition coefficient (Wildman–Crippen LogP) is -0.0664. The lowest BCUT2D eigenvalue weighted by atomic mass is 10.3. The van der Waals surface area contributed by atoms with Gasteiger partial charge in [0.1, 0.15) is 10.7 Å². The second-order valence-corrected chi connectivity index (χ2v) is 6.93. The number of piperazine rings is 1. The van der Waals surface area contributed by atoms with Crippen LogP contribution in [0.15, 0.2) is 23.1 Å². The summed E-state index contributed by atoms with van der Waals surface area (Å²) >= 11 is 0. The Morgan fingerprint density at radius 1 is 1.29 bits per heavy atom. The van der Waals surface area contributed by atoms with Crippen LogP contribution in [-0.2, 0) is 10.0 Å². The molecule has 1 heterocycles. The number of nitrogens with two attached hydrogens (primary N) is 1. The van der Waals surface area contributed by atoms with Crippen LogP contribution in [0.5, 0.6) is 0 Å². The van der Waals surface area contributed by atoms with Crippen molar-refractivity contribution in [3.8, 4) is 0 Å². The van der Waals surface area contributed by atoms with E-state index >= 15 is 0 Å². The average Bonchev–Trinajstić information content (AvgIpc) is 2.44. The van der Waals surface area contributed by atoms with Gasteiger partial charge in [0.25, 0.3) is 0 Å². The SMILES string of the molecule is CN1CCN(CCNS(=O)(=O)c2cccc(F)c2N)CC1. The van der Waals surface area contributed by atoms with E-state index in [9.17, 15) is 12.8 Å². The first kappa shape index (κ1) is 16.2. The molecule has 2 rings (SSSR count). The van der Waals surface area contributed by atoms with Gasteiger partial charge in [0.2, 0.25) is 10.0 Å². The number of benzene rings is 1. The Morgan fingerprint density at radius 2 is 1.95 bits per heavy atom. The van der Waals surface area contributed by atoms with E-state index in [1.54, 1.807) is 0 Å². The third kappa shape index (κ3) is 4.13. The molecule has 0 atom stereocenters. The van der Waals surface area contributed by atoms with Gasteiger partial charge in [-0.15, -0.1) is 0 Å². The third-order valence-corrected chi connectivity index (χ3v) is 5.14. The van der Waals surface area contributed by atoms with Gasteiger partial charge in [0, 0.05) is 39.3 Å². The Labute approximate surface area is 124 Å². The van der Waals surface area contributed by atoms with Crippen LogP contribution in [0.3, 0.4) is 0 Å². The predicted molar refractivity (Wildman–Crippen MR) is 79.9 cm³/mol. The molecule has 118 valence electrons. The van der Waals surface area contributed by atoms with E-state index in [-0.39, 0.29) is 17.1 Å². The number of para-hydroxylation sites is 1. The summed E-state index contributed by atoms with van der Waals surface area (Å²) in [4.78, 5) is 4.21. The highest BCUT2D eigenvalue weighted by Gasteiger charge is 2.20. The van der Waals surface area contributed by atoms with E-state index in [0.717, 1.165) is 32.2 Å². The fraction of sp³-hybridized carbons (Fsp3) is 0.538. The molecule has 0 unspecified atom stereocenters. The maximum atomic E-state index is 13.3. The summed E-state index contributed by atoms with van der Waals surface area (Å²) in [7, 11) is -1.71. The molecule has 3 N–H and O–H groups in total. The molecule has 0 bridgehead atoms. The van der Waals surface area contributed by atoms with Crippen molar-refractivity contribution in [2.75, 3.05) is 52.0 Å². The Hall–Kier alpha value is -1.22. The van der Waals surface area contributed by atoms with Gasteiger partial charge in [-0.25, -0.2) is 17.5 Å². The number of sulfonamides is 1. The molecule has 1 aliphatic rings. The molecule has 0 aliphatic carbocycles. The van der Waals surface area contributed by atoms with E-state index in [1.165, 1.54) is 12.1 Å². The van der Waals surface area contributed by atoms with Crippen molar-refractivity contribution in [3.63, 3.8) is 0 Å². The number of nitrogens with one attached hydrogen (secondary N) is 1. The van der Waals surface area contributed by atoms with Crippen LogP contribution in [0.1, 0.15) is 0 Å². The summed E-state index contributed by atoms with van der Waals surface area (Å²) in [5, 5.41) is 0. The Kier molecular flexibility index (Phi) is 5.15. The van der Waals surface area contributed by atoms with Crippen molar-refractivity contribution in [1.29, 1.82) is 0 Å². The van der Waals surface area contributed by atoms with E-state index in [2.05, 4.69) is 21.6 Å². The molecule has 1 fully saturated rings. The third-order valence-electron chi connectivity index (χ3n) is 3.62. The summed E-state index contributed by atoms with van der Waals surface area (Å²) < 4.78 is 40.0. The highest BCUT2D eigenvalue weighted by molar-refractivity contribution is 7.89. The zero-order valence-electron chi connectivity index (χ0n) is 12.0. The summed E-state index contributed by atoms with van der Waals surface area (Å²) in [5.74, 6) is -0.725. The molecule has 0 radical (unpaired) electrons. The van der Waals surface area contributed by atoms with Crippen LogP contribution < -0.4 is 10.5 Å². The maximum Gasteiger partial charge on any atom is 0.242 e. The minimum absolute atomic E-state index is 0.208.